The van der Waals surface area contributed by atoms with Crippen molar-refractivity contribution >= 4 is 17.4 Å². The van der Waals surface area contributed by atoms with Crippen molar-refractivity contribution in [2.45, 2.75) is 18.5 Å². The molecule has 0 radical (unpaired) electrons. The van der Waals surface area contributed by atoms with Crippen molar-refractivity contribution < 1.29 is 22.7 Å². The van der Waals surface area contributed by atoms with Crippen LogP contribution in [0, 0.1) is 0 Å². The average Bonchev–Trinajstić information content (AvgIpc) is 2.25. The van der Waals surface area contributed by atoms with Crippen molar-refractivity contribution in [3.05, 3.63) is 29.3 Å². The molecule has 0 aliphatic heterocycles. The minimum atomic E-state index is -4.57. The second kappa shape index (κ2) is 4.96. The normalized spacial score (nSPS) is 13.3. The van der Waals surface area contributed by atoms with E-state index >= 15 is 0 Å². The van der Waals surface area contributed by atoms with Gasteiger partial charge in [-0.2, -0.15) is 13.2 Å². The maximum atomic E-state index is 12.7. The van der Waals surface area contributed by atoms with Gasteiger partial charge in [0.15, 0.2) is 5.78 Å². The van der Waals surface area contributed by atoms with Crippen LogP contribution < -0.4 is 4.74 Å². The minimum Gasteiger partial charge on any atom is -0.496 e. The second-order valence-corrected chi connectivity index (χ2v) is 4.05. The molecule has 1 unspecified atom stereocenters. The Morgan fingerprint density at radius 2 is 2.00 bits per heavy atom. The Hall–Kier alpha value is -1.23. The number of benzene rings is 1. The molecule has 94 valence electrons. The van der Waals surface area contributed by atoms with Crippen LogP contribution in [0.3, 0.4) is 0 Å². The lowest BCUT2D eigenvalue weighted by molar-refractivity contribution is -0.138. The zero-order valence-electron chi connectivity index (χ0n) is 9.14. The van der Waals surface area contributed by atoms with Gasteiger partial charge in [-0.3, -0.25) is 4.79 Å². The van der Waals surface area contributed by atoms with E-state index in [4.69, 9.17) is 11.6 Å². The molecule has 1 rings (SSSR count). The third kappa shape index (κ3) is 3.12. The van der Waals surface area contributed by atoms with Crippen LogP contribution in [-0.4, -0.2) is 18.3 Å². The van der Waals surface area contributed by atoms with Crippen molar-refractivity contribution in [2.24, 2.45) is 0 Å². The van der Waals surface area contributed by atoms with Gasteiger partial charge >= 0.3 is 6.18 Å². The van der Waals surface area contributed by atoms with E-state index in [9.17, 15) is 18.0 Å². The summed E-state index contributed by atoms with van der Waals surface area (Å²) in [5, 5.41) is -0.871. The Morgan fingerprint density at radius 3 is 2.41 bits per heavy atom. The molecule has 1 aromatic rings. The SMILES string of the molecule is COc1ccc(C(=O)C(C)Cl)cc1C(F)(F)F. The first-order valence-corrected chi connectivity index (χ1v) is 5.14. The molecule has 2 nitrogen and oxygen atoms in total. The molecular weight excluding hydrogens is 257 g/mol. The first-order valence-electron chi connectivity index (χ1n) is 4.71. The summed E-state index contributed by atoms with van der Waals surface area (Å²) in [6.07, 6.45) is -4.57. The largest absolute Gasteiger partial charge is 0.496 e. The van der Waals surface area contributed by atoms with E-state index in [0.717, 1.165) is 19.2 Å². The fourth-order valence-corrected chi connectivity index (χ4v) is 1.44. The highest BCUT2D eigenvalue weighted by atomic mass is 35.5. The smallest absolute Gasteiger partial charge is 0.419 e. The quantitative estimate of drug-likeness (QED) is 0.618. The Morgan fingerprint density at radius 1 is 1.41 bits per heavy atom. The maximum Gasteiger partial charge on any atom is 0.419 e. The molecule has 0 saturated carbocycles. The van der Waals surface area contributed by atoms with E-state index < -0.39 is 22.9 Å². The molecule has 17 heavy (non-hydrogen) atoms. The number of halogens is 4. The van der Waals surface area contributed by atoms with E-state index in [-0.39, 0.29) is 11.3 Å². The van der Waals surface area contributed by atoms with Crippen molar-refractivity contribution in [1.82, 2.24) is 0 Å². The number of alkyl halides is 4. The predicted molar refractivity (Wildman–Crippen MR) is 57.6 cm³/mol. The first kappa shape index (κ1) is 13.8. The van der Waals surface area contributed by atoms with E-state index in [2.05, 4.69) is 4.74 Å². The molecule has 0 fully saturated rings. The van der Waals surface area contributed by atoms with E-state index in [1.807, 2.05) is 0 Å². The van der Waals surface area contributed by atoms with Gasteiger partial charge in [-0.05, 0) is 25.1 Å². The molecular formula is C11H10ClF3O2. The second-order valence-electron chi connectivity index (χ2n) is 3.39. The molecule has 0 saturated heterocycles. The van der Waals surface area contributed by atoms with Crippen LogP contribution in [0.25, 0.3) is 0 Å². The molecule has 1 aromatic carbocycles. The van der Waals surface area contributed by atoms with E-state index in [1.165, 1.54) is 13.0 Å². The Kier molecular flexibility index (Phi) is 4.03. The van der Waals surface area contributed by atoms with Crippen LogP contribution in [0.1, 0.15) is 22.8 Å². The fourth-order valence-electron chi connectivity index (χ4n) is 1.31. The third-order valence-electron chi connectivity index (χ3n) is 2.15. The zero-order chi connectivity index (χ0) is 13.2. The van der Waals surface area contributed by atoms with Crippen LogP contribution in [0.4, 0.5) is 13.2 Å². The van der Waals surface area contributed by atoms with Crippen molar-refractivity contribution in [1.29, 1.82) is 0 Å². The van der Waals surface area contributed by atoms with E-state index in [0.29, 0.717) is 0 Å². The summed E-state index contributed by atoms with van der Waals surface area (Å²) in [4.78, 5) is 11.5. The molecule has 0 bridgehead atoms. The molecule has 0 N–H and O–H groups in total. The summed E-state index contributed by atoms with van der Waals surface area (Å²) < 4.78 is 42.6. The highest BCUT2D eigenvalue weighted by molar-refractivity contribution is 6.33. The third-order valence-corrected chi connectivity index (χ3v) is 2.35. The number of ketones is 1. The van der Waals surface area contributed by atoms with Gasteiger partial charge in [0.05, 0.1) is 18.1 Å². The van der Waals surface area contributed by atoms with Crippen LogP contribution >= 0.6 is 11.6 Å². The molecule has 0 heterocycles. The summed E-state index contributed by atoms with van der Waals surface area (Å²) in [6.45, 7) is 1.40. The lowest BCUT2D eigenvalue weighted by Gasteiger charge is -2.13. The van der Waals surface area contributed by atoms with Crippen molar-refractivity contribution in [2.75, 3.05) is 7.11 Å². The summed E-state index contributed by atoms with van der Waals surface area (Å²) in [6, 6.07) is 3.12. The van der Waals surface area contributed by atoms with Gasteiger partial charge in [-0.1, -0.05) is 0 Å². The lowest BCUT2D eigenvalue weighted by atomic mass is 10.0. The van der Waals surface area contributed by atoms with Gasteiger partial charge < -0.3 is 4.74 Å². The van der Waals surface area contributed by atoms with Crippen molar-refractivity contribution in [3.63, 3.8) is 0 Å². The Bertz CT molecular complexity index is 427. The summed E-state index contributed by atoms with van der Waals surface area (Å²) in [5.74, 6) is -0.879. The van der Waals surface area contributed by atoms with E-state index in [1.54, 1.807) is 0 Å². The molecule has 0 aliphatic rings. The Balaban J connectivity index is 3.28. The molecule has 0 amide bonds. The van der Waals surface area contributed by atoms with Gasteiger partial charge in [-0.15, -0.1) is 11.6 Å². The number of hydrogen-bond donors (Lipinski definition) is 0. The van der Waals surface area contributed by atoms with Crippen LogP contribution in [-0.2, 0) is 6.18 Å². The summed E-state index contributed by atoms with van der Waals surface area (Å²) in [7, 11) is 1.14. The van der Waals surface area contributed by atoms with Crippen LogP contribution in [0.15, 0.2) is 18.2 Å². The van der Waals surface area contributed by atoms with Gasteiger partial charge in [0.2, 0.25) is 0 Å². The zero-order valence-corrected chi connectivity index (χ0v) is 9.89. The van der Waals surface area contributed by atoms with Crippen LogP contribution in [0.5, 0.6) is 5.75 Å². The molecule has 1 atom stereocenters. The standard InChI is InChI=1S/C11H10ClF3O2/c1-6(12)10(16)7-3-4-9(17-2)8(5-7)11(13,14)15/h3-6H,1-2H3. The maximum absolute atomic E-state index is 12.7. The topological polar surface area (TPSA) is 26.3 Å². The van der Waals surface area contributed by atoms with Gasteiger partial charge in [-0.25, -0.2) is 0 Å². The van der Waals surface area contributed by atoms with Crippen LogP contribution in [0.2, 0.25) is 0 Å². The van der Waals surface area contributed by atoms with Gasteiger partial charge in [0, 0.05) is 5.56 Å². The molecule has 6 heteroatoms. The number of carbonyl (C=O) groups is 1. The summed E-state index contributed by atoms with van der Waals surface area (Å²) >= 11 is 5.54. The van der Waals surface area contributed by atoms with Gasteiger partial charge in [0.25, 0.3) is 0 Å². The number of carbonyl (C=O) groups excluding carboxylic acids is 1. The highest BCUT2D eigenvalue weighted by Gasteiger charge is 2.35. The lowest BCUT2D eigenvalue weighted by Crippen LogP contribution is -2.14. The number of hydrogen-bond acceptors (Lipinski definition) is 2. The summed E-state index contributed by atoms with van der Waals surface area (Å²) in [5.41, 5.74) is -1.07. The molecule has 0 aromatic heterocycles. The minimum absolute atomic E-state index is 0.0828. The molecule has 0 aliphatic carbocycles. The average molecular weight is 267 g/mol. The molecule has 0 spiro atoms. The van der Waals surface area contributed by atoms with Gasteiger partial charge in [0.1, 0.15) is 5.75 Å². The monoisotopic (exact) mass is 266 g/mol. The fraction of sp³-hybridized carbons (Fsp3) is 0.364. The Labute approximate surface area is 101 Å². The number of rotatable bonds is 3. The highest BCUT2D eigenvalue weighted by Crippen LogP contribution is 2.36. The number of Topliss-reactive ketones (excluding diaryl/α,β-unsaturated/α-hetero) is 1. The number of methoxy groups -OCH3 is 1. The number of ether oxygens (including phenoxy) is 1. The van der Waals surface area contributed by atoms with Crippen molar-refractivity contribution in [3.8, 4) is 5.75 Å². The predicted octanol–water partition coefficient (Wildman–Crippen LogP) is 3.52. The first-order chi connectivity index (χ1) is 7.77.